The summed E-state index contributed by atoms with van der Waals surface area (Å²) in [5, 5.41) is 0.676. The minimum Gasteiger partial charge on any atom is -0.347 e. The van der Waals surface area contributed by atoms with Crippen LogP contribution in [0.25, 0.3) is 22.0 Å². The van der Waals surface area contributed by atoms with Gasteiger partial charge in [-0.05, 0) is 35.2 Å². The SMILES string of the molecule is CC(C)(C)Cn1ccc2cc(F)c(-c3ccccc3C(F)(F)F)cc21. The van der Waals surface area contributed by atoms with E-state index >= 15 is 0 Å². The molecule has 1 heterocycles. The lowest BCUT2D eigenvalue weighted by molar-refractivity contribution is -0.137. The molecule has 3 rings (SSSR count). The summed E-state index contributed by atoms with van der Waals surface area (Å²) in [4.78, 5) is 0. The Balaban J connectivity index is 2.21. The van der Waals surface area contributed by atoms with Crippen molar-refractivity contribution in [1.29, 1.82) is 0 Å². The lowest BCUT2D eigenvalue weighted by Gasteiger charge is -2.20. The molecule has 2 aromatic carbocycles. The monoisotopic (exact) mass is 349 g/mol. The molecule has 132 valence electrons. The molecule has 0 saturated carbocycles. The average molecular weight is 349 g/mol. The van der Waals surface area contributed by atoms with Crippen LogP contribution in [0.3, 0.4) is 0 Å². The normalized spacial score (nSPS) is 12.8. The van der Waals surface area contributed by atoms with Gasteiger partial charge in [-0.1, -0.05) is 39.0 Å². The van der Waals surface area contributed by atoms with Gasteiger partial charge >= 0.3 is 6.18 Å². The maximum atomic E-state index is 14.5. The molecule has 0 aliphatic rings. The zero-order valence-corrected chi connectivity index (χ0v) is 14.3. The molecule has 0 aliphatic carbocycles. The first-order chi connectivity index (χ1) is 11.6. The molecule has 3 aromatic rings. The van der Waals surface area contributed by atoms with Crippen molar-refractivity contribution in [3.63, 3.8) is 0 Å². The third kappa shape index (κ3) is 3.55. The third-order valence-electron chi connectivity index (χ3n) is 4.03. The second-order valence-corrected chi connectivity index (χ2v) is 7.44. The van der Waals surface area contributed by atoms with Crippen LogP contribution in [0.15, 0.2) is 48.7 Å². The van der Waals surface area contributed by atoms with Crippen molar-refractivity contribution in [1.82, 2.24) is 4.57 Å². The van der Waals surface area contributed by atoms with Crippen LogP contribution in [0.1, 0.15) is 26.3 Å². The minimum atomic E-state index is -4.54. The lowest BCUT2D eigenvalue weighted by Crippen LogP contribution is -2.14. The van der Waals surface area contributed by atoms with Crippen molar-refractivity contribution in [3.05, 3.63) is 60.0 Å². The summed E-state index contributed by atoms with van der Waals surface area (Å²) in [7, 11) is 0. The largest absolute Gasteiger partial charge is 0.417 e. The van der Waals surface area contributed by atoms with E-state index in [0.717, 1.165) is 11.6 Å². The van der Waals surface area contributed by atoms with Crippen molar-refractivity contribution < 1.29 is 17.6 Å². The number of hydrogen-bond donors (Lipinski definition) is 0. The van der Waals surface area contributed by atoms with Gasteiger partial charge < -0.3 is 4.57 Å². The minimum absolute atomic E-state index is 0.00955. The first kappa shape index (κ1) is 17.5. The summed E-state index contributed by atoms with van der Waals surface area (Å²) in [5.41, 5.74) is -0.289. The van der Waals surface area contributed by atoms with E-state index in [9.17, 15) is 17.6 Å². The maximum absolute atomic E-state index is 14.5. The van der Waals surface area contributed by atoms with Crippen LogP contribution in [0, 0.1) is 11.2 Å². The molecule has 0 unspecified atom stereocenters. The van der Waals surface area contributed by atoms with E-state index in [1.807, 2.05) is 10.8 Å². The summed E-state index contributed by atoms with van der Waals surface area (Å²) in [6, 6.07) is 9.69. The summed E-state index contributed by atoms with van der Waals surface area (Å²) in [6.45, 7) is 6.90. The van der Waals surface area contributed by atoms with Gasteiger partial charge in [0.1, 0.15) is 5.82 Å². The number of fused-ring (bicyclic) bond motifs is 1. The van der Waals surface area contributed by atoms with Gasteiger partial charge in [-0.25, -0.2) is 4.39 Å². The molecule has 25 heavy (non-hydrogen) atoms. The number of rotatable bonds is 2. The van der Waals surface area contributed by atoms with E-state index in [-0.39, 0.29) is 16.5 Å². The Labute approximate surface area is 143 Å². The van der Waals surface area contributed by atoms with E-state index in [1.54, 1.807) is 6.07 Å². The second kappa shape index (κ2) is 5.90. The molecule has 1 aromatic heterocycles. The molecule has 0 spiro atoms. The third-order valence-corrected chi connectivity index (χ3v) is 4.03. The number of hydrogen-bond acceptors (Lipinski definition) is 0. The molecule has 0 bridgehead atoms. The fourth-order valence-corrected chi connectivity index (χ4v) is 3.03. The summed E-state index contributed by atoms with van der Waals surface area (Å²) >= 11 is 0. The standard InChI is InChI=1S/C20H19F4N/c1-19(2,3)12-25-9-8-13-10-17(21)15(11-18(13)25)14-6-4-5-7-16(14)20(22,23)24/h4-11H,12H2,1-3H3. The van der Waals surface area contributed by atoms with Crippen LogP contribution in [0.5, 0.6) is 0 Å². The van der Waals surface area contributed by atoms with Gasteiger partial charge in [0.25, 0.3) is 0 Å². The lowest BCUT2D eigenvalue weighted by atomic mass is 9.96. The number of halogens is 4. The molecule has 0 N–H and O–H groups in total. The average Bonchev–Trinajstić information content (AvgIpc) is 2.85. The molecule has 0 radical (unpaired) electrons. The van der Waals surface area contributed by atoms with Crippen LogP contribution >= 0.6 is 0 Å². The van der Waals surface area contributed by atoms with Gasteiger partial charge in [-0.2, -0.15) is 13.2 Å². The van der Waals surface area contributed by atoms with E-state index in [0.29, 0.717) is 11.9 Å². The second-order valence-electron chi connectivity index (χ2n) is 7.44. The highest BCUT2D eigenvalue weighted by atomic mass is 19.4. The van der Waals surface area contributed by atoms with Gasteiger partial charge in [-0.3, -0.25) is 0 Å². The van der Waals surface area contributed by atoms with Crippen LogP contribution < -0.4 is 0 Å². The molecular weight excluding hydrogens is 330 g/mol. The maximum Gasteiger partial charge on any atom is 0.417 e. The van der Waals surface area contributed by atoms with Crippen LogP contribution in [-0.4, -0.2) is 4.57 Å². The zero-order valence-electron chi connectivity index (χ0n) is 14.3. The predicted molar refractivity (Wildman–Crippen MR) is 91.8 cm³/mol. The fourth-order valence-electron chi connectivity index (χ4n) is 3.03. The van der Waals surface area contributed by atoms with E-state index in [4.69, 9.17) is 0 Å². The number of alkyl halides is 3. The van der Waals surface area contributed by atoms with Crippen molar-refractivity contribution in [2.75, 3.05) is 0 Å². The summed E-state index contributed by atoms with van der Waals surface area (Å²) in [6.07, 6.45) is -2.69. The molecule has 0 aliphatic heterocycles. The van der Waals surface area contributed by atoms with Gasteiger partial charge in [0.2, 0.25) is 0 Å². The Bertz CT molecular complexity index is 914. The smallest absolute Gasteiger partial charge is 0.347 e. The quantitative estimate of drug-likeness (QED) is 0.465. The highest BCUT2D eigenvalue weighted by Gasteiger charge is 2.34. The molecule has 0 saturated heterocycles. The highest BCUT2D eigenvalue weighted by Crippen LogP contribution is 2.39. The summed E-state index contributed by atoms with van der Waals surface area (Å²) in [5.74, 6) is -0.655. The number of aromatic nitrogens is 1. The highest BCUT2D eigenvalue weighted by molar-refractivity contribution is 5.86. The molecular formula is C20H19F4N. The Morgan fingerprint density at radius 3 is 2.24 bits per heavy atom. The van der Waals surface area contributed by atoms with Gasteiger partial charge in [-0.15, -0.1) is 0 Å². The van der Waals surface area contributed by atoms with Gasteiger partial charge in [0.05, 0.1) is 5.56 Å². The Morgan fingerprint density at radius 1 is 0.920 bits per heavy atom. The van der Waals surface area contributed by atoms with Crippen molar-refractivity contribution in [2.45, 2.75) is 33.5 Å². The van der Waals surface area contributed by atoms with E-state index in [2.05, 4.69) is 20.8 Å². The van der Waals surface area contributed by atoms with E-state index in [1.165, 1.54) is 30.3 Å². The van der Waals surface area contributed by atoms with Gasteiger partial charge in [0, 0.05) is 29.2 Å². The van der Waals surface area contributed by atoms with Crippen molar-refractivity contribution >= 4 is 10.9 Å². The predicted octanol–water partition coefficient (Wildman–Crippen LogP) is 6.51. The van der Waals surface area contributed by atoms with Crippen LogP contribution in [0.2, 0.25) is 0 Å². The topological polar surface area (TPSA) is 4.93 Å². The molecule has 0 atom stereocenters. The zero-order chi connectivity index (χ0) is 18.4. The Morgan fingerprint density at radius 2 is 1.60 bits per heavy atom. The van der Waals surface area contributed by atoms with Crippen molar-refractivity contribution in [3.8, 4) is 11.1 Å². The number of benzene rings is 2. The van der Waals surface area contributed by atoms with Crippen molar-refractivity contribution in [2.24, 2.45) is 5.41 Å². The fraction of sp³-hybridized carbons (Fsp3) is 0.300. The molecule has 0 fully saturated rings. The Kier molecular flexibility index (Phi) is 4.13. The molecule has 5 heteroatoms. The molecule has 1 nitrogen and oxygen atoms in total. The van der Waals surface area contributed by atoms with E-state index < -0.39 is 17.6 Å². The van der Waals surface area contributed by atoms with Gasteiger partial charge in [0.15, 0.2) is 0 Å². The first-order valence-corrected chi connectivity index (χ1v) is 8.01. The summed E-state index contributed by atoms with van der Waals surface area (Å²) < 4.78 is 56.4. The van der Waals surface area contributed by atoms with Crippen LogP contribution in [0.4, 0.5) is 17.6 Å². The first-order valence-electron chi connectivity index (χ1n) is 8.01. The number of nitrogens with zero attached hydrogens (tertiary/aromatic N) is 1. The Hall–Kier alpha value is -2.30. The molecule has 0 amide bonds. The van der Waals surface area contributed by atoms with Crippen LogP contribution in [-0.2, 0) is 12.7 Å².